The number of hydrogen-bond acceptors (Lipinski definition) is 6. The van der Waals surface area contributed by atoms with E-state index in [-0.39, 0.29) is 12.2 Å². The highest BCUT2D eigenvalue weighted by Gasteiger charge is 2.35. The van der Waals surface area contributed by atoms with Crippen LogP contribution in [0.4, 0.5) is 0 Å². The van der Waals surface area contributed by atoms with Crippen LogP contribution in [0.25, 0.3) is 11.8 Å². The molecule has 6 nitrogen and oxygen atoms in total. The lowest BCUT2D eigenvalue weighted by Crippen LogP contribution is -2.40. The molecule has 1 aliphatic rings. The number of aromatic nitrogens is 1. The molecule has 0 unspecified atom stereocenters. The van der Waals surface area contributed by atoms with Crippen molar-refractivity contribution in [2.75, 3.05) is 13.7 Å². The number of nitrogens with zero attached hydrogens (tertiary/aromatic N) is 2. The van der Waals surface area contributed by atoms with Gasteiger partial charge in [0.1, 0.15) is 5.75 Å². The molecule has 8 heteroatoms. The molecule has 4 aromatic rings. The summed E-state index contributed by atoms with van der Waals surface area (Å²) in [5.74, 6) is 0.116. The first-order chi connectivity index (χ1) is 18.0. The molecule has 0 bridgehead atoms. The molecular formula is C29H23IN2O4S. The highest BCUT2D eigenvalue weighted by molar-refractivity contribution is 14.1. The summed E-state index contributed by atoms with van der Waals surface area (Å²) >= 11 is 3.55. The number of hydrogen-bond donors (Lipinski definition) is 0. The zero-order valence-corrected chi connectivity index (χ0v) is 23.2. The average Bonchev–Trinajstić information content (AvgIpc) is 3.24. The lowest BCUT2D eigenvalue weighted by molar-refractivity contribution is -0.138. The summed E-state index contributed by atoms with van der Waals surface area (Å²) in [6.07, 6.45) is 1.86. The van der Waals surface area contributed by atoms with Crippen molar-refractivity contribution in [1.82, 2.24) is 4.57 Å². The van der Waals surface area contributed by atoms with Crippen LogP contribution < -0.4 is 19.6 Å². The Labute approximate surface area is 231 Å². The van der Waals surface area contributed by atoms with Gasteiger partial charge in [0.2, 0.25) is 0 Å². The van der Waals surface area contributed by atoms with E-state index in [4.69, 9.17) is 14.5 Å². The maximum Gasteiger partial charge on any atom is 0.338 e. The summed E-state index contributed by atoms with van der Waals surface area (Å²) in [5.41, 5.74) is 3.00. The second-order valence-corrected chi connectivity index (χ2v) is 10.5. The van der Waals surface area contributed by atoms with Crippen molar-refractivity contribution in [3.8, 4) is 5.75 Å². The minimum absolute atomic E-state index is 0.201. The van der Waals surface area contributed by atoms with E-state index in [2.05, 4.69) is 22.6 Å². The number of thiazole rings is 1. The van der Waals surface area contributed by atoms with Crippen LogP contribution in [0.1, 0.15) is 29.7 Å². The molecule has 0 saturated heterocycles. The number of benzene rings is 3. The molecular weight excluding hydrogens is 599 g/mol. The van der Waals surface area contributed by atoms with Crippen LogP contribution in [0.15, 0.2) is 94.2 Å². The monoisotopic (exact) mass is 622 g/mol. The topological polar surface area (TPSA) is 69.9 Å². The van der Waals surface area contributed by atoms with Crippen LogP contribution in [0, 0.1) is 3.57 Å². The van der Waals surface area contributed by atoms with E-state index >= 15 is 0 Å². The number of ether oxygens (including phenoxy) is 2. The fraction of sp³-hybridized carbons (Fsp3) is 0.138. The van der Waals surface area contributed by atoms with E-state index in [0.717, 1.165) is 20.3 Å². The number of methoxy groups -OCH3 is 1. The summed E-state index contributed by atoms with van der Waals surface area (Å²) in [6, 6.07) is 24.1. The molecule has 0 saturated carbocycles. The molecule has 186 valence electrons. The number of rotatable bonds is 6. The van der Waals surface area contributed by atoms with E-state index in [1.54, 1.807) is 18.6 Å². The first-order valence-electron chi connectivity index (χ1n) is 11.7. The van der Waals surface area contributed by atoms with Gasteiger partial charge >= 0.3 is 5.97 Å². The van der Waals surface area contributed by atoms with Gasteiger partial charge < -0.3 is 9.47 Å². The summed E-state index contributed by atoms with van der Waals surface area (Å²) in [5, 5.41) is 0. The van der Waals surface area contributed by atoms with E-state index in [1.165, 1.54) is 11.3 Å². The van der Waals surface area contributed by atoms with Gasteiger partial charge in [0.05, 0.1) is 35.6 Å². The van der Waals surface area contributed by atoms with Crippen LogP contribution in [0.5, 0.6) is 5.75 Å². The van der Waals surface area contributed by atoms with Crippen LogP contribution in [0.2, 0.25) is 0 Å². The second kappa shape index (κ2) is 10.9. The van der Waals surface area contributed by atoms with Gasteiger partial charge in [0.15, 0.2) is 4.80 Å². The number of carbonyl (C=O) groups is 1. The Kier molecular flexibility index (Phi) is 7.38. The summed E-state index contributed by atoms with van der Waals surface area (Å²) in [7, 11) is 1.59. The predicted octanol–water partition coefficient (Wildman–Crippen LogP) is 4.55. The van der Waals surface area contributed by atoms with Crippen LogP contribution in [-0.2, 0) is 9.53 Å². The average molecular weight is 622 g/mol. The molecule has 5 rings (SSSR count). The van der Waals surface area contributed by atoms with Crippen molar-refractivity contribution in [1.29, 1.82) is 0 Å². The third-order valence-electron chi connectivity index (χ3n) is 5.95. The molecule has 37 heavy (non-hydrogen) atoms. The van der Waals surface area contributed by atoms with E-state index in [0.29, 0.717) is 26.4 Å². The van der Waals surface area contributed by atoms with Crippen molar-refractivity contribution in [2.45, 2.75) is 13.0 Å². The predicted molar refractivity (Wildman–Crippen MR) is 153 cm³/mol. The Morgan fingerprint density at radius 2 is 1.84 bits per heavy atom. The fourth-order valence-electron chi connectivity index (χ4n) is 4.28. The number of halogens is 1. The molecule has 0 radical (unpaired) electrons. The van der Waals surface area contributed by atoms with Gasteiger partial charge in [0, 0.05) is 9.13 Å². The standard InChI is InChI=1S/C29H23IN2O4S/c1-3-36-28(34)24-25(19-8-5-4-6-9-19)31-29-32(26(24)20-10-7-11-22(17-20)35-2)27(33)23(37-29)16-18-12-14-21(30)15-13-18/h4-17,26H,3H2,1-2H3/b23-16-/t26-/m1/s1. The normalized spacial score (nSPS) is 15.2. The van der Waals surface area contributed by atoms with Crippen molar-refractivity contribution < 1.29 is 14.3 Å². The van der Waals surface area contributed by atoms with Gasteiger partial charge in [-0.05, 0) is 71.0 Å². The Morgan fingerprint density at radius 1 is 1.08 bits per heavy atom. The SMILES string of the molecule is CCOC(=O)C1=C(c2ccccc2)N=c2s/c(=C\c3ccc(I)cc3)c(=O)n2[C@@H]1c1cccc(OC)c1. The van der Waals surface area contributed by atoms with Crippen molar-refractivity contribution >= 4 is 51.7 Å². The maximum atomic E-state index is 13.9. The molecule has 2 heterocycles. The quantitative estimate of drug-likeness (QED) is 0.234. The lowest BCUT2D eigenvalue weighted by Gasteiger charge is -2.26. The Balaban J connectivity index is 1.83. The molecule has 0 spiro atoms. The largest absolute Gasteiger partial charge is 0.497 e. The second-order valence-electron chi connectivity index (χ2n) is 8.26. The van der Waals surface area contributed by atoms with E-state index in [1.807, 2.05) is 84.9 Å². The zero-order chi connectivity index (χ0) is 25.9. The molecule has 1 atom stereocenters. The van der Waals surface area contributed by atoms with Gasteiger partial charge in [-0.2, -0.15) is 0 Å². The maximum absolute atomic E-state index is 13.9. The van der Waals surface area contributed by atoms with Gasteiger partial charge in [-0.3, -0.25) is 9.36 Å². The summed E-state index contributed by atoms with van der Waals surface area (Å²) < 4.78 is 14.2. The van der Waals surface area contributed by atoms with Gasteiger partial charge in [-0.1, -0.05) is 65.9 Å². The molecule has 1 aliphatic heterocycles. The minimum atomic E-state index is -0.737. The van der Waals surface area contributed by atoms with E-state index < -0.39 is 12.0 Å². The molecule has 3 aromatic carbocycles. The smallest absolute Gasteiger partial charge is 0.338 e. The third-order valence-corrected chi connectivity index (χ3v) is 7.65. The first-order valence-corrected chi connectivity index (χ1v) is 13.6. The number of esters is 1. The van der Waals surface area contributed by atoms with Crippen molar-refractivity contribution in [3.05, 3.63) is 124 Å². The number of carbonyl (C=O) groups excluding carboxylic acids is 1. The number of fused-ring (bicyclic) bond motifs is 1. The summed E-state index contributed by atoms with van der Waals surface area (Å²) in [6.45, 7) is 1.96. The highest BCUT2D eigenvalue weighted by atomic mass is 127. The van der Waals surface area contributed by atoms with Crippen LogP contribution >= 0.6 is 33.9 Å². The Bertz CT molecular complexity index is 1670. The molecule has 0 N–H and O–H groups in total. The zero-order valence-electron chi connectivity index (χ0n) is 20.2. The first kappa shape index (κ1) is 25.2. The summed E-state index contributed by atoms with van der Waals surface area (Å²) in [4.78, 5) is 32.7. The molecule has 0 fully saturated rings. The van der Waals surface area contributed by atoms with Gasteiger partial charge in [-0.25, -0.2) is 9.79 Å². The highest BCUT2D eigenvalue weighted by Crippen LogP contribution is 2.36. The third kappa shape index (κ3) is 5.03. The molecule has 0 amide bonds. The minimum Gasteiger partial charge on any atom is -0.497 e. The van der Waals surface area contributed by atoms with Gasteiger partial charge in [-0.15, -0.1) is 0 Å². The van der Waals surface area contributed by atoms with Crippen molar-refractivity contribution in [2.24, 2.45) is 4.99 Å². The lowest BCUT2D eigenvalue weighted by atomic mass is 9.93. The van der Waals surface area contributed by atoms with Crippen LogP contribution in [0.3, 0.4) is 0 Å². The van der Waals surface area contributed by atoms with Crippen LogP contribution in [-0.4, -0.2) is 24.3 Å². The molecule has 1 aromatic heterocycles. The van der Waals surface area contributed by atoms with Gasteiger partial charge in [0.25, 0.3) is 5.56 Å². The Hall–Kier alpha value is -3.50. The van der Waals surface area contributed by atoms with E-state index in [9.17, 15) is 9.59 Å². The van der Waals surface area contributed by atoms with Crippen molar-refractivity contribution in [3.63, 3.8) is 0 Å². The fourth-order valence-corrected chi connectivity index (χ4v) is 5.64. The Morgan fingerprint density at radius 3 is 2.54 bits per heavy atom. The molecule has 0 aliphatic carbocycles.